The van der Waals surface area contributed by atoms with Crippen molar-refractivity contribution < 1.29 is 0 Å². The van der Waals surface area contributed by atoms with E-state index in [2.05, 4.69) is 34.3 Å². The molecule has 0 fully saturated rings. The van der Waals surface area contributed by atoms with Crippen molar-refractivity contribution in [2.24, 2.45) is 0 Å². The fraction of sp³-hybridized carbons (Fsp3) is 0.231. The van der Waals surface area contributed by atoms with Crippen LogP contribution in [-0.2, 0) is 13.1 Å². The van der Waals surface area contributed by atoms with Crippen LogP contribution in [0.2, 0.25) is 0 Å². The highest BCUT2D eigenvalue weighted by Gasteiger charge is 1.95. The van der Waals surface area contributed by atoms with Gasteiger partial charge in [0.15, 0.2) is 0 Å². The molecule has 0 radical (unpaired) electrons. The van der Waals surface area contributed by atoms with Crippen LogP contribution < -0.4 is 5.32 Å². The van der Waals surface area contributed by atoms with Gasteiger partial charge in [-0.2, -0.15) is 0 Å². The number of aromatic nitrogens is 2. The van der Waals surface area contributed by atoms with E-state index in [9.17, 15) is 0 Å². The summed E-state index contributed by atoms with van der Waals surface area (Å²) in [6.45, 7) is 3.73. The summed E-state index contributed by atoms with van der Waals surface area (Å²) in [5.41, 5.74) is 3.60. The maximum atomic E-state index is 4.16. The molecular formula is C13H15N3. The predicted octanol–water partition coefficient (Wildman–Crippen LogP) is 2.07. The molecule has 2 heterocycles. The van der Waals surface area contributed by atoms with Gasteiger partial charge in [0, 0.05) is 37.9 Å². The van der Waals surface area contributed by atoms with Crippen LogP contribution in [0.1, 0.15) is 16.7 Å². The van der Waals surface area contributed by atoms with Crippen LogP contribution in [0.4, 0.5) is 0 Å². The molecule has 0 aliphatic rings. The van der Waals surface area contributed by atoms with Crippen molar-refractivity contribution in [2.45, 2.75) is 20.0 Å². The van der Waals surface area contributed by atoms with Gasteiger partial charge in [-0.1, -0.05) is 12.1 Å². The summed E-state index contributed by atoms with van der Waals surface area (Å²) in [4.78, 5) is 8.23. The van der Waals surface area contributed by atoms with Crippen LogP contribution in [0, 0.1) is 6.92 Å². The fourth-order valence-corrected chi connectivity index (χ4v) is 1.57. The Labute approximate surface area is 95.6 Å². The minimum atomic E-state index is 0.835. The van der Waals surface area contributed by atoms with Gasteiger partial charge in [0.05, 0.1) is 0 Å². The zero-order chi connectivity index (χ0) is 11.2. The van der Waals surface area contributed by atoms with Crippen molar-refractivity contribution in [3.05, 3.63) is 59.7 Å². The van der Waals surface area contributed by atoms with E-state index in [0.29, 0.717) is 0 Å². The molecule has 2 aromatic heterocycles. The lowest BCUT2D eigenvalue weighted by atomic mass is 10.2. The van der Waals surface area contributed by atoms with Crippen LogP contribution >= 0.6 is 0 Å². The molecule has 0 spiro atoms. The molecule has 2 aromatic rings. The first kappa shape index (κ1) is 10.8. The lowest BCUT2D eigenvalue weighted by Gasteiger charge is -2.04. The van der Waals surface area contributed by atoms with Gasteiger partial charge in [-0.3, -0.25) is 9.97 Å². The van der Waals surface area contributed by atoms with Gasteiger partial charge in [-0.25, -0.2) is 0 Å². The molecule has 0 aliphatic carbocycles. The summed E-state index contributed by atoms with van der Waals surface area (Å²) in [5.74, 6) is 0. The average molecular weight is 213 g/mol. The first-order valence-corrected chi connectivity index (χ1v) is 5.35. The minimum Gasteiger partial charge on any atom is -0.309 e. The van der Waals surface area contributed by atoms with E-state index in [0.717, 1.165) is 13.1 Å². The van der Waals surface area contributed by atoms with E-state index < -0.39 is 0 Å². The van der Waals surface area contributed by atoms with Gasteiger partial charge >= 0.3 is 0 Å². The summed E-state index contributed by atoms with van der Waals surface area (Å²) in [6, 6.07) is 6.16. The molecule has 1 N–H and O–H groups in total. The third-order valence-electron chi connectivity index (χ3n) is 2.31. The van der Waals surface area contributed by atoms with Crippen LogP contribution in [0.15, 0.2) is 43.0 Å². The standard InChI is InChI=1S/C13H15N3/c1-11-5-13(9-15-6-11)10-16-8-12-3-2-4-14-7-12/h2-7,9,16H,8,10H2,1H3. The van der Waals surface area contributed by atoms with Crippen LogP contribution in [0.25, 0.3) is 0 Å². The van der Waals surface area contributed by atoms with Crippen molar-refractivity contribution in [3.63, 3.8) is 0 Å². The zero-order valence-corrected chi connectivity index (χ0v) is 9.35. The highest BCUT2D eigenvalue weighted by molar-refractivity contribution is 5.16. The van der Waals surface area contributed by atoms with Gasteiger partial charge in [-0.15, -0.1) is 0 Å². The number of nitrogens with one attached hydrogen (secondary N) is 1. The highest BCUT2D eigenvalue weighted by atomic mass is 14.9. The average Bonchev–Trinajstić information content (AvgIpc) is 2.30. The largest absolute Gasteiger partial charge is 0.309 e. The Balaban J connectivity index is 1.85. The lowest BCUT2D eigenvalue weighted by molar-refractivity contribution is 0.689. The van der Waals surface area contributed by atoms with Crippen molar-refractivity contribution in [1.29, 1.82) is 0 Å². The zero-order valence-electron chi connectivity index (χ0n) is 9.35. The highest BCUT2D eigenvalue weighted by Crippen LogP contribution is 2.01. The number of aryl methyl sites for hydroxylation is 1. The predicted molar refractivity (Wildman–Crippen MR) is 63.8 cm³/mol. The second kappa shape index (κ2) is 5.37. The SMILES string of the molecule is Cc1cncc(CNCc2cccnc2)c1. The molecule has 3 heteroatoms. The maximum Gasteiger partial charge on any atom is 0.0313 e. The van der Waals surface area contributed by atoms with Gasteiger partial charge in [0.25, 0.3) is 0 Å². The smallest absolute Gasteiger partial charge is 0.0313 e. The Bertz CT molecular complexity index is 440. The van der Waals surface area contributed by atoms with Crippen LogP contribution in [-0.4, -0.2) is 9.97 Å². The fourth-order valence-electron chi connectivity index (χ4n) is 1.57. The topological polar surface area (TPSA) is 37.8 Å². The molecule has 0 atom stereocenters. The third-order valence-corrected chi connectivity index (χ3v) is 2.31. The molecule has 0 aromatic carbocycles. The van der Waals surface area contributed by atoms with Gasteiger partial charge in [-0.05, 0) is 29.7 Å². The molecule has 0 aliphatic heterocycles. The summed E-state index contributed by atoms with van der Waals surface area (Å²) in [7, 11) is 0. The Hall–Kier alpha value is -1.74. The maximum absolute atomic E-state index is 4.16. The Morgan fingerprint density at radius 1 is 1.06 bits per heavy atom. The first-order chi connectivity index (χ1) is 7.84. The molecule has 0 amide bonds. The van der Waals surface area contributed by atoms with E-state index in [4.69, 9.17) is 0 Å². The van der Waals surface area contributed by atoms with Crippen molar-refractivity contribution in [1.82, 2.24) is 15.3 Å². The summed E-state index contributed by atoms with van der Waals surface area (Å²) in [5, 5.41) is 3.37. The molecule has 3 nitrogen and oxygen atoms in total. The second-order valence-corrected chi connectivity index (χ2v) is 3.84. The van der Waals surface area contributed by atoms with Crippen LogP contribution in [0.5, 0.6) is 0 Å². The molecule has 0 bridgehead atoms. The minimum absolute atomic E-state index is 0.835. The Morgan fingerprint density at radius 2 is 1.88 bits per heavy atom. The lowest BCUT2D eigenvalue weighted by Crippen LogP contribution is -2.12. The quantitative estimate of drug-likeness (QED) is 0.845. The van der Waals surface area contributed by atoms with Gasteiger partial charge in [0.1, 0.15) is 0 Å². The molecule has 16 heavy (non-hydrogen) atoms. The van der Waals surface area contributed by atoms with E-state index in [1.807, 2.05) is 24.7 Å². The molecule has 82 valence electrons. The van der Waals surface area contributed by atoms with E-state index in [-0.39, 0.29) is 0 Å². The van der Waals surface area contributed by atoms with E-state index >= 15 is 0 Å². The second-order valence-electron chi connectivity index (χ2n) is 3.84. The Kier molecular flexibility index (Phi) is 3.62. The summed E-state index contributed by atoms with van der Waals surface area (Å²) in [6.07, 6.45) is 7.42. The summed E-state index contributed by atoms with van der Waals surface area (Å²) < 4.78 is 0. The number of rotatable bonds is 4. The van der Waals surface area contributed by atoms with E-state index in [1.165, 1.54) is 16.7 Å². The number of hydrogen-bond acceptors (Lipinski definition) is 3. The molecule has 2 rings (SSSR count). The Morgan fingerprint density at radius 3 is 2.62 bits per heavy atom. The van der Waals surface area contributed by atoms with Crippen molar-refractivity contribution in [3.8, 4) is 0 Å². The third kappa shape index (κ3) is 3.14. The molecule has 0 saturated carbocycles. The van der Waals surface area contributed by atoms with Gasteiger partial charge < -0.3 is 5.32 Å². The van der Waals surface area contributed by atoms with E-state index in [1.54, 1.807) is 6.20 Å². The van der Waals surface area contributed by atoms with Crippen molar-refractivity contribution in [2.75, 3.05) is 0 Å². The summed E-state index contributed by atoms with van der Waals surface area (Å²) >= 11 is 0. The molecular weight excluding hydrogens is 198 g/mol. The molecule has 0 saturated heterocycles. The van der Waals surface area contributed by atoms with Crippen molar-refractivity contribution >= 4 is 0 Å². The van der Waals surface area contributed by atoms with Crippen LogP contribution in [0.3, 0.4) is 0 Å². The number of pyridine rings is 2. The van der Waals surface area contributed by atoms with Gasteiger partial charge in [0.2, 0.25) is 0 Å². The normalized spacial score (nSPS) is 10.3. The number of hydrogen-bond donors (Lipinski definition) is 1. The first-order valence-electron chi connectivity index (χ1n) is 5.35. The number of nitrogens with zero attached hydrogens (tertiary/aromatic N) is 2. The monoisotopic (exact) mass is 213 g/mol. The molecule has 0 unspecified atom stereocenters.